The summed E-state index contributed by atoms with van der Waals surface area (Å²) in [6.45, 7) is 1.80. The number of benzene rings is 2. The summed E-state index contributed by atoms with van der Waals surface area (Å²) in [5.41, 5.74) is 1.20. The van der Waals surface area contributed by atoms with Crippen LogP contribution in [-0.4, -0.2) is 25.7 Å². The van der Waals surface area contributed by atoms with Crippen LogP contribution in [0.15, 0.2) is 59.1 Å². The predicted molar refractivity (Wildman–Crippen MR) is 95.8 cm³/mol. The summed E-state index contributed by atoms with van der Waals surface area (Å²) in [7, 11) is 0. The molecule has 2 N–H and O–H groups in total. The molecule has 0 saturated carbocycles. The smallest absolute Gasteiger partial charge is 0.314 e. The number of hydrogen-bond donors (Lipinski definition) is 2. The lowest BCUT2D eigenvalue weighted by Gasteiger charge is -2.09. The van der Waals surface area contributed by atoms with Crippen molar-refractivity contribution in [3.8, 4) is 5.75 Å². The molecule has 0 bridgehead atoms. The Kier molecular flexibility index (Phi) is 7.46. The van der Waals surface area contributed by atoms with Crippen molar-refractivity contribution < 1.29 is 9.53 Å². The first-order valence-corrected chi connectivity index (χ1v) is 8.47. The van der Waals surface area contributed by atoms with Gasteiger partial charge in [0.2, 0.25) is 0 Å². The summed E-state index contributed by atoms with van der Waals surface area (Å²) < 4.78 is 6.62. The molecule has 2 amide bonds. The minimum Gasteiger partial charge on any atom is -0.494 e. The van der Waals surface area contributed by atoms with E-state index >= 15 is 0 Å². The number of rotatable bonds is 8. The number of ether oxygens (including phenoxy) is 1. The first-order chi connectivity index (χ1) is 11.2. The third-order valence-corrected chi connectivity index (χ3v) is 3.76. The fourth-order valence-corrected chi connectivity index (χ4v) is 2.28. The largest absolute Gasteiger partial charge is 0.494 e. The van der Waals surface area contributed by atoms with Crippen LogP contribution in [0, 0.1) is 0 Å². The number of carbonyl (C=O) groups is 1. The van der Waals surface area contributed by atoms with E-state index in [4.69, 9.17) is 4.74 Å². The molecule has 0 spiro atoms. The molecule has 0 aliphatic rings. The van der Waals surface area contributed by atoms with Gasteiger partial charge in [0.15, 0.2) is 0 Å². The Morgan fingerprint density at radius 3 is 2.39 bits per heavy atom. The molecule has 5 heteroatoms. The van der Waals surface area contributed by atoms with Gasteiger partial charge in [0.25, 0.3) is 0 Å². The van der Waals surface area contributed by atoms with E-state index in [1.54, 1.807) is 0 Å². The van der Waals surface area contributed by atoms with E-state index in [1.807, 2.05) is 54.6 Å². The van der Waals surface area contributed by atoms with E-state index in [0.717, 1.165) is 23.1 Å². The first kappa shape index (κ1) is 17.3. The summed E-state index contributed by atoms with van der Waals surface area (Å²) in [6.07, 6.45) is 1.59. The lowest BCUT2D eigenvalue weighted by atomic mass is 10.1. The predicted octanol–water partition coefficient (Wildman–Crippen LogP) is 3.76. The summed E-state index contributed by atoms with van der Waals surface area (Å²) >= 11 is 3.40. The molecule has 2 aromatic rings. The van der Waals surface area contributed by atoms with Gasteiger partial charge in [-0.25, -0.2) is 4.79 Å². The van der Waals surface area contributed by atoms with Gasteiger partial charge in [-0.1, -0.05) is 46.3 Å². The Labute approximate surface area is 145 Å². The van der Waals surface area contributed by atoms with E-state index in [0.29, 0.717) is 19.7 Å². The summed E-state index contributed by atoms with van der Waals surface area (Å²) in [4.78, 5) is 11.6. The Morgan fingerprint density at radius 2 is 1.65 bits per heavy atom. The van der Waals surface area contributed by atoms with Crippen molar-refractivity contribution >= 4 is 22.0 Å². The minimum absolute atomic E-state index is 0.137. The second kappa shape index (κ2) is 9.90. The molecular weight excluding hydrogens is 356 g/mol. The Hall–Kier alpha value is -2.01. The minimum atomic E-state index is -0.137. The van der Waals surface area contributed by atoms with E-state index in [-0.39, 0.29) is 6.03 Å². The number of urea groups is 1. The van der Waals surface area contributed by atoms with Crippen LogP contribution in [0.3, 0.4) is 0 Å². The standard InChI is InChI=1S/C18H21BrN2O2/c19-16-9-7-15(8-10-16)11-13-21-18(22)20-12-4-14-23-17-5-2-1-3-6-17/h1-3,5-10H,4,11-14H2,(H2,20,21,22). The van der Waals surface area contributed by atoms with Gasteiger partial charge >= 0.3 is 6.03 Å². The van der Waals surface area contributed by atoms with Gasteiger partial charge in [0, 0.05) is 17.6 Å². The van der Waals surface area contributed by atoms with Crippen LogP contribution in [0.5, 0.6) is 5.75 Å². The zero-order valence-electron chi connectivity index (χ0n) is 12.9. The molecular formula is C18H21BrN2O2. The van der Waals surface area contributed by atoms with Gasteiger partial charge < -0.3 is 15.4 Å². The normalized spacial score (nSPS) is 10.1. The van der Waals surface area contributed by atoms with Crippen LogP contribution in [-0.2, 0) is 6.42 Å². The molecule has 0 fully saturated rings. The third kappa shape index (κ3) is 7.19. The Bertz CT molecular complexity index is 588. The molecule has 4 nitrogen and oxygen atoms in total. The molecule has 2 rings (SSSR count). The van der Waals surface area contributed by atoms with Crippen molar-refractivity contribution in [1.29, 1.82) is 0 Å². The van der Waals surface area contributed by atoms with Crippen molar-refractivity contribution in [1.82, 2.24) is 10.6 Å². The van der Waals surface area contributed by atoms with Crippen molar-refractivity contribution in [2.45, 2.75) is 12.8 Å². The summed E-state index contributed by atoms with van der Waals surface area (Å²) in [5, 5.41) is 5.68. The van der Waals surface area contributed by atoms with Gasteiger partial charge in [-0.15, -0.1) is 0 Å². The molecule has 122 valence electrons. The van der Waals surface area contributed by atoms with Crippen molar-refractivity contribution in [2.24, 2.45) is 0 Å². The van der Waals surface area contributed by atoms with Crippen LogP contribution in [0.4, 0.5) is 4.79 Å². The number of carbonyl (C=O) groups excluding carboxylic acids is 1. The van der Waals surface area contributed by atoms with Crippen LogP contribution in [0.1, 0.15) is 12.0 Å². The average Bonchev–Trinajstić information content (AvgIpc) is 2.57. The van der Waals surface area contributed by atoms with Gasteiger partial charge in [-0.05, 0) is 42.7 Å². The molecule has 0 atom stereocenters. The van der Waals surface area contributed by atoms with Crippen molar-refractivity contribution in [3.63, 3.8) is 0 Å². The second-order valence-electron chi connectivity index (χ2n) is 5.07. The number of para-hydroxylation sites is 1. The molecule has 23 heavy (non-hydrogen) atoms. The molecule has 0 heterocycles. The highest BCUT2D eigenvalue weighted by Gasteiger charge is 2.00. The fourth-order valence-electron chi connectivity index (χ4n) is 2.01. The first-order valence-electron chi connectivity index (χ1n) is 7.68. The maximum Gasteiger partial charge on any atom is 0.314 e. The number of halogens is 1. The van der Waals surface area contributed by atoms with E-state index in [9.17, 15) is 4.79 Å². The molecule has 0 radical (unpaired) electrons. The maximum atomic E-state index is 11.6. The molecule has 0 saturated heterocycles. The SMILES string of the molecule is O=C(NCCCOc1ccccc1)NCCc1ccc(Br)cc1. The Morgan fingerprint density at radius 1 is 0.957 bits per heavy atom. The van der Waals surface area contributed by atoms with Gasteiger partial charge in [0.05, 0.1) is 6.61 Å². The zero-order chi connectivity index (χ0) is 16.3. The molecule has 0 unspecified atom stereocenters. The number of amides is 2. The Balaban J connectivity index is 1.51. The number of nitrogens with one attached hydrogen (secondary N) is 2. The number of hydrogen-bond acceptors (Lipinski definition) is 2. The van der Waals surface area contributed by atoms with Gasteiger partial charge in [-0.3, -0.25) is 0 Å². The maximum absolute atomic E-state index is 11.6. The van der Waals surface area contributed by atoms with Crippen LogP contribution < -0.4 is 15.4 Å². The third-order valence-electron chi connectivity index (χ3n) is 3.23. The highest BCUT2D eigenvalue weighted by molar-refractivity contribution is 9.10. The summed E-state index contributed by atoms with van der Waals surface area (Å²) in [6, 6.07) is 17.6. The molecule has 0 aromatic heterocycles. The van der Waals surface area contributed by atoms with E-state index in [1.165, 1.54) is 5.56 Å². The monoisotopic (exact) mass is 376 g/mol. The lowest BCUT2D eigenvalue weighted by Crippen LogP contribution is -2.37. The van der Waals surface area contributed by atoms with Crippen LogP contribution >= 0.6 is 15.9 Å². The molecule has 0 aliphatic heterocycles. The van der Waals surface area contributed by atoms with Gasteiger partial charge in [-0.2, -0.15) is 0 Å². The quantitative estimate of drug-likeness (QED) is 0.689. The van der Waals surface area contributed by atoms with Crippen molar-refractivity contribution in [2.75, 3.05) is 19.7 Å². The van der Waals surface area contributed by atoms with Crippen LogP contribution in [0.2, 0.25) is 0 Å². The zero-order valence-corrected chi connectivity index (χ0v) is 14.5. The molecule has 2 aromatic carbocycles. The fraction of sp³-hybridized carbons (Fsp3) is 0.278. The van der Waals surface area contributed by atoms with Gasteiger partial charge in [0.1, 0.15) is 5.75 Å². The van der Waals surface area contributed by atoms with E-state index in [2.05, 4.69) is 26.6 Å². The van der Waals surface area contributed by atoms with Crippen molar-refractivity contribution in [3.05, 3.63) is 64.6 Å². The van der Waals surface area contributed by atoms with Crippen LogP contribution in [0.25, 0.3) is 0 Å². The summed E-state index contributed by atoms with van der Waals surface area (Å²) in [5.74, 6) is 0.853. The lowest BCUT2D eigenvalue weighted by molar-refractivity contribution is 0.239. The highest BCUT2D eigenvalue weighted by atomic mass is 79.9. The van der Waals surface area contributed by atoms with E-state index < -0.39 is 0 Å². The second-order valence-corrected chi connectivity index (χ2v) is 5.99. The topological polar surface area (TPSA) is 50.4 Å². The average molecular weight is 377 g/mol. The molecule has 0 aliphatic carbocycles. The highest BCUT2D eigenvalue weighted by Crippen LogP contribution is 2.10.